The first-order valence-corrected chi connectivity index (χ1v) is 7.25. The molecule has 1 aromatic heterocycles. The van der Waals surface area contributed by atoms with E-state index in [1.165, 1.54) is 0 Å². The van der Waals surface area contributed by atoms with Gasteiger partial charge in [-0.05, 0) is 24.1 Å². The number of nitrogens with zero attached hydrogens (tertiary/aromatic N) is 3. The summed E-state index contributed by atoms with van der Waals surface area (Å²) in [7, 11) is 0. The Hall–Kier alpha value is -1.50. The van der Waals surface area contributed by atoms with Crippen LogP contribution in [-0.2, 0) is 0 Å². The summed E-state index contributed by atoms with van der Waals surface area (Å²) < 4.78 is 1.82. The van der Waals surface area contributed by atoms with Crippen LogP contribution in [0.1, 0.15) is 37.3 Å². The average Bonchev–Trinajstić information content (AvgIpc) is 2.93. The zero-order valence-corrected chi connectivity index (χ0v) is 12.6. The van der Waals surface area contributed by atoms with Gasteiger partial charge in [-0.3, -0.25) is 0 Å². The molecule has 0 saturated carbocycles. The molecule has 0 spiro atoms. The number of rotatable bonds is 5. The van der Waals surface area contributed by atoms with Gasteiger partial charge >= 0.3 is 0 Å². The highest BCUT2D eigenvalue weighted by Crippen LogP contribution is 2.37. The summed E-state index contributed by atoms with van der Waals surface area (Å²) in [6, 6.07) is 7.49. The highest BCUT2D eigenvalue weighted by molar-refractivity contribution is 6.35. The van der Waals surface area contributed by atoms with Gasteiger partial charge in [-0.25, -0.2) is 4.98 Å². The van der Waals surface area contributed by atoms with Crippen LogP contribution in [-0.4, -0.2) is 9.55 Å². The molecule has 0 aliphatic rings. The Morgan fingerprint density at radius 3 is 2.75 bits per heavy atom. The van der Waals surface area contributed by atoms with E-state index >= 15 is 0 Å². The van der Waals surface area contributed by atoms with Crippen LogP contribution in [0.15, 0.2) is 36.9 Å². The van der Waals surface area contributed by atoms with Crippen LogP contribution in [0.3, 0.4) is 0 Å². The van der Waals surface area contributed by atoms with Gasteiger partial charge in [0.15, 0.2) is 0 Å². The predicted molar refractivity (Wildman–Crippen MR) is 81.0 cm³/mol. The van der Waals surface area contributed by atoms with E-state index in [9.17, 15) is 5.26 Å². The van der Waals surface area contributed by atoms with Crippen LogP contribution in [0, 0.1) is 11.3 Å². The molecule has 3 nitrogen and oxygen atoms in total. The molecule has 0 amide bonds. The Bertz CT molecular complexity index is 602. The average molecular weight is 308 g/mol. The third-order valence-corrected chi connectivity index (χ3v) is 3.88. The summed E-state index contributed by atoms with van der Waals surface area (Å²) in [5.41, 5.74) is 0.957. The van der Waals surface area contributed by atoms with Gasteiger partial charge in [-0.1, -0.05) is 42.6 Å². The van der Waals surface area contributed by atoms with Crippen molar-refractivity contribution in [3.8, 4) is 6.07 Å². The first-order valence-electron chi connectivity index (χ1n) is 6.49. The van der Waals surface area contributed by atoms with Crippen molar-refractivity contribution >= 4 is 23.2 Å². The molecule has 0 radical (unpaired) electrons. The third-order valence-electron chi connectivity index (χ3n) is 3.32. The molecule has 2 rings (SSSR count). The topological polar surface area (TPSA) is 41.6 Å². The summed E-state index contributed by atoms with van der Waals surface area (Å²) in [5.74, 6) is 0.0176. The van der Waals surface area contributed by atoms with Crippen molar-refractivity contribution in [2.75, 3.05) is 0 Å². The van der Waals surface area contributed by atoms with Gasteiger partial charge in [0.05, 0.1) is 12.4 Å². The van der Waals surface area contributed by atoms with Crippen molar-refractivity contribution in [3.05, 3.63) is 52.5 Å². The zero-order valence-electron chi connectivity index (χ0n) is 11.1. The Morgan fingerprint density at radius 2 is 2.20 bits per heavy atom. The smallest absolute Gasteiger partial charge is 0.128 e. The summed E-state index contributed by atoms with van der Waals surface area (Å²) >= 11 is 12.3. The Morgan fingerprint density at radius 1 is 1.40 bits per heavy atom. The Balaban J connectivity index is 2.42. The predicted octanol–water partition coefficient (Wildman–Crippen LogP) is 4.84. The number of hydrogen-bond acceptors (Lipinski definition) is 2. The summed E-state index contributed by atoms with van der Waals surface area (Å²) in [5, 5.41) is 10.7. The SMILES string of the molecule is CCCC(c1ccc(Cl)cc1Cl)C(C#N)n1ccnc1. The minimum atomic E-state index is -0.323. The van der Waals surface area contributed by atoms with Gasteiger partial charge < -0.3 is 4.57 Å². The van der Waals surface area contributed by atoms with E-state index in [0.717, 1.165) is 18.4 Å². The van der Waals surface area contributed by atoms with Crippen LogP contribution in [0.5, 0.6) is 0 Å². The summed E-state index contributed by atoms with van der Waals surface area (Å²) in [6.45, 7) is 2.10. The van der Waals surface area contributed by atoms with Crippen molar-refractivity contribution < 1.29 is 0 Å². The first kappa shape index (κ1) is 14.9. The van der Waals surface area contributed by atoms with E-state index < -0.39 is 0 Å². The molecule has 1 aromatic carbocycles. The normalized spacial score (nSPS) is 13.7. The monoisotopic (exact) mass is 307 g/mol. The molecule has 0 aliphatic heterocycles. The van der Waals surface area contributed by atoms with Gasteiger partial charge in [0.2, 0.25) is 0 Å². The molecule has 0 fully saturated rings. The molecule has 0 saturated heterocycles. The number of halogens is 2. The van der Waals surface area contributed by atoms with Crippen molar-refractivity contribution in [2.24, 2.45) is 0 Å². The molecule has 2 atom stereocenters. The maximum atomic E-state index is 9.53. The second-order valence-corrected chi connectivity index (χ2v) is 5.49. The second kappa shape index (κ2) is 6.78. The Kier molecular flexibility index (Phi) is 5.05. The maximum absolute atomic E-state index is 9.53. The first-order chi connectivity index (χ1) is 9.67. The highest BCUT2D eigenvalue weighted by Gasteiger charge is 2.25. The number of hydrogen-bond donors (Lipinski definition) is 0. The summed E-state index contributed by atoms with van der Waals surface area (Å²) in [4.78, 5) is 4.02. The zero-order chi connectivity index (χ0) is 14.5. The number of benzene rings is 1. The standard InChI is InChI=1S/C15H15Cl2N3/c1-2-3-13(12-5-4-11(16)8-14(12)17)15(9-18)20-7-6-19-10-20/h4-8,10,13,15H,2-3H2,1H3. The van der Waals surface area contributed by atoms with E-state index in [1.54, 1.807) is 24.8 Å². The lowest BCUT2D eigenvalue weighted by atomic mass is 9.88. The molecule has 2 aromatic rings. The minimum absolute atomic E-state index is 0.0176. The van der Waals surface area contributed by atoms with Crippen molar-refractivity contribution in [3.63, 3.8) is 0 Å². The molecule has 1 heterocycles. The quantitative estimate of drug-likeness (QED) is 0.793. The van der Waals surface area contributed by atoms with Gasteiger partial charge in [0, 0.05) is 28.4 Å². The molecule has 5 heteroatoms. The van der Waals surface area contributed by atoms with E-state index in [-0.39, 0.29) is 12.0 Å². The molecule has 104 valence electrons. The molecule has 0 bridgehead atoms. The lowest BCUT2D eigenvalue weighted by Gasteiger charge is -2.24. The largest absolute Gasteiger partial charge is 0.320 e. The van der Waals surface area contributed by atoms with Gasteiger partial charge in [0.25, 0.3) is 0 Å². The molecule has 2 unspecified atom stereocenters. The van der Waals surface area contributed by atoms with Crippen LogP contribution in [0.2, 0.25) is 10.0 Å². The van der Waals surface area contributed by atoms with Crippen LogP contribution in [0.4, 0.5) is 0 Å². The molecule has 0 N–H and O–H groups in total. The van der Waals surface area contributed by atoms with E-state index in [2.05, 4.69) is 18.0 Å². The number of imidazole rings is 1. The fraction of sp³-hybridized carbons (Fsp3) is 0.333. The van der Waals surface area contributed by atoms with Crippen LogP contribution >= 0.6 is 23.2 Å². The third kappa shape index (κ3) is 3.15. The number of nitriles is 1. The van der Waals surface area contributed by atoms with Crippen molar-refractivity contribution in [1.82, 2.24) is 9.55 Å². The maximum Gasteiger partial charge on any atom is 0.128 e. The molecule has 20 heavy (non-hydrogen) atoms. The van der Waals surface area contributed by atoms with Crippen LogP contribution in [0.25, 0.3) is 0 Å². The van der Waals surface area contributed by atoms with Gasteiger partial charge in [0.1, 0.15) is 6.04 Å². The number of aromatic nitrogens is 2. The lowest BCUT2D eigenvalue weighted by molar-refractivity contribution is 0.465. The second-order valence-electron chi connectivity index (χ2n) is 4.64. The minimum Gasteiger partial charge on any atom is -0.320 e. The van der Waals surface area contributed by atoms with Crippen molar-refractivity contribution in [1.29, 1.82) is 5.26 Å². The highest BCUT2D eigenvalue weighted by atomic mass is 35.5. The van der Waals surface area contributed by atoms with Gasteiger partial charge in [-0.2, -0.15) is 5.26 Å². The lowest BCUT2D eigenvalue weighted by Crippen LogP contribution is -2.16. The van der Waals surface area contributed by atoms with E-state index in [1.807, 2.05) is 16.7 Å². The molecular formula is C15H15Cl2N3. The molecular weight excluding hydrogens is 293 g/mol. The van der Waals surface area contributed by atoms with E-state index in [4.69, 9.17) is 23.2 Å². The molecule has 0 aliphatic carbocycles. The van der Waals surface area contributed by atoms with Crippen LogP contribution < -0.4 is 0 Å². The Labute approximate surface area is 128 Å². The fourth-order valence-corrected chi connectivity index (χ4v) is 2.94. The van der Waals surface area contributed by atoms with Gasteiger partial charge in [-0.15, -0.1) is 0 Å². The fourth-order valence-electron chi connectivity index (χ4n) is 2.40. The summed E-state index contributed by atoms with van der Waals surface area (Å²) in [6.07, 6.45) is 6.99. The van der Waals surface area contributed by atoms with Crippen molar-refractivity contribution in [2.45, 2.75) is 31.7 Å². The van der Waals surface area contributed by atoms with E-state index in [0.29, 0.717) is 10.0 Å².